The smallest absolute Gasteiger partial charge is 0.155 e. The molecule has 96 valence electrons. The number of piperidine rings is 1. The Balaban J connectivity index is 1.96. The average Bonchev–Trinajstić information content (AvgIpc) is 2.69. The molecule has 4 heteroatoms. The topological polar surface area (TPSA) is 29.3 Å². The van der Waals surface area contributed by atoms with E-state index in [2.05, 4.69) is 27.7 Å². The minimum Gasteiger partial charge on any atom is -0.314 e. The normalized spacial score (nSPS) is 20.4. The second-order valence-electron chi connectivity index (χ2n) is 5.06. The van der Waals surface area contributed by atoms with Gasteiger partial charge in [-0.25, -0.2) is 4.98 Å². The van der Waals surface area contributed by atoms with E-state index in [1.54, 1.807) is 0 Å². The van der Waals surface area contributed by atoms with Crippen LogP contribution in [0.2, 0.25) is 5.15 Å². The highest BCUT2D eigenvalue weighted by Crippen LogP contribution is 2.22. The summed E-state index contributed by atoms with van der Waals surface area (Å²) in [6.07, 6.45) is 4.80. The summed E-state index contributed by atoms with van der Waals surface area (Å²) in [4.78, 5) is 4.53. The SMILES string of the molecule is Cc1cccc2c(Cl)nc(CC3CCCCN3)n12. The first-order valence-corrected chi connectivity index (χ1v) is 6.99. The molecule has 1 saturated heterocycles. The van der Waals surface area contributed by atoms with Crippen LogP contribution >= 0.6 is 11.6 Å². The van der Waals surface area contributed by atoms with Crippen molar-refractivity contribution in [2.24, 2.45) is 0 Å². The lowest BCUT2D eigenvalue weighted by Crippen LogP contribution is -2.36. The van der Waals surface area contributed by atoms with Crippen LogP contribution in [-0.4, -0.2) is 22.0 Å². The molecule has 3 nitrogen and oxygen atoms in total. The van der Waals surface area contributed by atoms with Gasteiger partial charge in [0.15, 0.2) is 5.15 Å². The highest BCUT2D eigenvalue weighted by atomic mass is 35.5. The monoisotopic (exact) mass is 263 g/mol. The Morgan fingerprint density at radius 3 is 3.11 bits per heavy atom. The molecular formula is C14H18ClN3. The van der Waals surface area contributed by atoms with Gasteiger partial charge >= 0.3 is 0 Å². The predicted molar refractivity (Wildman–Crippen MR) is 74.3 cm³/mol. The van der Waals surface area contributed by atoms with E-state index in [0.29, 0.717) is 11.2 Å². The van der Waals surface area contributed by atoms with Gasteiger partial charge in [0.2, 0.25) is 0 Å². The van der Waals surface area contributed by atoms with Crippen molar-refractivity contribution in [1.82, 2.24) is 14.7 Å². The molecule has 1 aliphatic heterocycles. The van der Waals surface area contributed by atoms with Crippen LogP contribution in [0, 0.1) is 6.92 Å². The first-order valence-electron chi connectivity index (χ1n) is 6.61. The van der Waals surface area contributed by atoms with E-state index in [9.17, 15) is 0 Å². The van der Waals surface area contributed by atoms with Crippen LogP contribution in [0.3, 0.4) is 0 Å². The molecule has 1 N–H and O–H groups in total. The lowest BCUT2D eigenvalue weighted by Gasteiger charge is -2.22. The lowest BCUT2D eigenvalue weighted by molar-refractivity contribution is 0.394. The molecule has 0 amide bonds. The van der Waals surface area contributed by atoms with E-state index in [0.717, 1.165) is 24.3 Å². The zero-order chi connectivity index (χ0) is 12.5. The second kappa shape index (κ2) is 4.90. The Hall–Kier alpha value is -1.06. The number of pyridine rings is 1. The van der Waals surface area contributed by atoms with Crippen molar-refractivity contribution in [3.63, 3.8) is 0 Å². The fraction of sp³-hybridized carbons (Fsp3) is 0.500. The third-order valence-corrected chi connectivity index (χ3v) is 4.00. The molecule has 1 unspecified atom stereocenters. The van der Waals surface area contributed by atoms with E-state index in [1.807, 2.05) is 12.1 Å². The highest BCUT2D eigenvalue weighted by Gasteiger charge is 2.17. The summed E-state index contributed by atoms with van der Waals surface area (Å²) in [6.45, 7) is 3.23. The maximum atomic E-state index is 6.22. The largest absolute Gasteiger partial charge is 0.314 e. The fourth-order valence-corrected chi connectivity index (χ4v) is 3.04. The van der Waals surface area contributed by atoms with Crippen LogP contribution in [0.15, 0.2) is 18.2 Å². The molecule has 0 bridgehead atoms. The van der Waals surface area contributed by atoms with Gasteiger partial charge in [-0.3, -0.25) is 4.40 Å². The van der Waals surface area contributed by atoms with Crippen molar-refractivity contribution in [2.75, 3.05) is 6.54 Å². The molecule has 3 heterocycles. The molecule has 2 aromatic heterocycles. The van der Waals surface area contributed by atoms with Gasteiger partial charge < -0.3 is 5.32 Å². The van der Waals surface area contributed by atoms with Gasteiger partial charge in [0, 0.05) is 18.2 Å². The Labute approximate surface area is 112 Å². The van der Waals surface area contributed by atoms with Gasteiger partial charge in [-0.05, 0) is 38.4 Å². The molecule has 0 saturated carbocycles. The third kappa shape index (κ3) is 2.13. The summed E-state index contributed by atoms with van der Waals surface area (Å²) < 4.78 is 2.18. The van der Waals surface area contributed by atoms with E-state index in [-0.39, 0.29) is 0 Å². The summed E-state index contributed by atoms with van der Waals surface area (Å²) in [5.74, 6) is 1.08. The predicted octanol–water partition coefficient (Wildman–Crippen LogP) is 2.98. The zero-order valence-corrected chi connectivity index (χ0v) is 11.4. The van der Waals surface area contributed by atoms with Gasteiger partial charge in [-0.1, -0.05) is 24.1 Å². The molecule has 0 radical (unpaired) electrons. The van der Waals surface area contributed by atoms with Crippen molar-refractivity contribution in [2.45, 2.75) is 38.6 Å². The van der Waals surface area contributed by atoms with E-state index < -0.39 is 0 Å². The number of imidazole rings is 1. The number of halogens is 1. The van der Waals surface area contributed by atoms with Crippen LogP contribution in [-0.2, 0) is 6.42 Å². The molecule has 1 fully saturated rings. The van der Waals surface area contributed by atoms with Gasteiger partial charge in [0.1, 0.15) is 5.82 Å². The quantitative estimate of drug-likeness (QED) is 0.903. The Kier molecular flexibility index (Phi) is 3.27. The van der Waals surface area contributed by atoms with Crippen LogP contribution in [0.5, 0.6) is 0 Å². The molecule has 2 aromatic rings. The summed E-state index contributed by atoms with van der Waals surface area (Å²) in [5.41, 5.74) is 2.21. The molecular weight excluding hydrogens is 246 g/mol. The number of nitrogens with zero attached hydrogens (tertiary/aromatic N) is 2. The van der Waals surface area contributed by atoms with Crippen molar-refractivity contribution in [3.8, 4) is 0 Å². The summed E-state index contributed by atoms with van der Waals surface area (Å²) >= 11 is 6.22. The zero-order valence-electron chi connectivity index (χ0n) is 10.6. The standard InChI is InChI=1S/C14H18ClN3/c1-10-5-4-7-12-14(15)17-13(18(10)12)9-11-6-2-3-8-16-11/h4-5,7,11,16H,2-3,6,8-9H2,1H3. The lowest BCUT2D eigenvalue weighted by atomic mass is 10.0. The molecule has 18 heavy (non-hydrogen) atoms. The molecule has 1 atom stereocenters. The summed E-state index contributed by atoms with van der Waals surface area (Å²) in [7, 11) is 0. The molecule has 0 spiro atoms. The maximum Gasteiger partial charge on any atom is 0.155 e. The second-order valence-corrected chi connectivity index (χ2v) is 5.42. The Morgan fingerprint density at radius 2 is 2.33 bits per heavy atom. The molecule has 0 aromatic carbocycles. The first kappa shape index (κ1) is 12.0. The van der Waals surface area contributed by atoms with Crippen LogP contribution < -0.4 is 5.32 Å². The van der Waals surface area contributed by atoms with Crippen molar-refractivity contribution >= 4 is 17.1 Å². The molecule has 3 rings (SSSR count). The first-order chi connectivity index (χ1) is 8.75. The fourth-order valence-electron chi connectivity index (χ4n) is 2.80. The van der Waals surface area contributed by atoms with E-state index in [4.69, 9.17) is 11.6 Å². The number of rotatable bonds is 2. The summed E-state index contributed by atoms with van der Waals surface area (Å²) in [5, 5.41) is 4.18. The minimum absolute atomic E-state index is 0.542. The van der Waals surface area contributed by atoms with Crippen LogP contribution in [0.1, 0.15) is 30.8 Å². The molecule has 0 aliphatic carbocycles. The number of hydrogen-bond acceptors (Lipinski definition) is 2. The number of nitrogens with one attached hydrogen (secondary N) is 1. The van der Waals surface area contributed by atoms with E-state index >= 15 is 0 Å². The van der Waals surface area contributed by atoms with Gasteiger partial charge in [0.05, 0.1) is 5.52 Å². The van der Waals surface area contributed by atoms with Crippen LogP contribution in [0.25, 0.3) is 5.52 Å². The summed E-state index contributed by atoms with van der Waals surface area (Å²) in [6, 6.07) is 6.70. The molecule has 1 aliphatic rings. The van der Waals surface area contributed by atoms with Gasteiger partial charge in [0.25, 0.3) is 0 Å². The maximum absolute atomic E-state index is 6.22. The Morgan fingerprint density at radius 1 is 1.44 bits per heavy atom. The average molecular weight is 264 g/mol. The number of hydrogen-bond donors (Lipinski definition) is 1. The number of aromatic nitrogens is 2. The highest BCUT2D eigenvalue weighted by molar-refractivity contribution is 6.32. The third-order valence-electron chi connectivity index (χ3n) is 3.72. The van der Waals surface area contributed by atoms with E-state index in [1.165, 1.54) is 25.0 Å². The van der Waals surface area contributed by atoms with Crippen molar-refractivity contribution < 1.29 is 0 Å². The van der Waals surface area contributed by atoms with Crippen molar-refractivity contribution in [1.29, 1.82) is 0 Å². The Bertz CT molecular complexity index is 555. The van der Waals surface area contributed by atoms with Crippen LogP contribution in [0.4, 0.5) is 0 Å². The van der Waals surface area contributed by atoms with Gasteiger partial charge in [-0.15, -0.1) is 0 Å². The van der Waals surface area contributed by atoms with Gasteiger partial charge in [-0.2, -0.15) is 0 Å². The van der Waals surface area contributed by atoms with Crippen molar-refractivity contribution in [3.05, 3.63) is 34.9 Å². The number of fused-ring (bicyclic) bond motifs is 1. The minimum atomic E-state index is 0.542. The number of aryl methyl sites for hydroxylation is 1.